The van der Waals surface area contributed by atoms with Crippen molar-refractivity contribution in [1.29, 1.82) is 0 Å². The number of benzene rings is 8. The first-order valence-corrected chi connectivity index (χ1v) is 22.2. The predicted molar refractivity (Wildman–Crippen MR) is 265 cm³/mol. The molecule has 2 heterocycles. The van der Waals surface area contributed by atoms with Crippen LogP contribution in [0.2, 0.25) is 0 Å². The van der Waals surface area contributed by atoms with Crippen LogP contribution < -0.4 is 9.80 Å². The molecule has 63 heavy (non-hydrogen) atoms. The molecule has 0 radical (unpaired) electrons. The molecule has 4 unspecified atom stereocenters. The Morgan fingerprint density at radius 1 is 0.413 bits per heavy atom. The highest BCUT2D eigenvalue weighted by Crippen LogP contribution is 2.56. The number of fused-ring (bicyclic) bond motifs is 6. The van der Waals surface area contributed by atoms with Crippen LogP contribution in [0.4, 0.5) is 22.7 Å². The molecule has 0 aromatic heterocycles. The molecule has 2 aliphatic heterocycles. The molecular formula is C61H46N2. The molecule has 0 fully saturated rings. The Morgan fingerprint density at radius 2 is 0.984 bits per heavy atom. The molecule has 8 aromatic carbocycles. The average molecular weight is 807 g/mol. The van der Waals surface area contributed by atoms with Gasteiger partial charge < -0.3 is 9.80 Å². The third kappa shape index (κ3) is 6.33. The lowest BCUT2D eigenvalue weighted by molar-refractivity contribution is 0.542. The van der Waals surface area contributed by atoms with Crippen LogP contribution in [0.15, 0.2) is 243 Å². The van der Waals surface area contributed by atoms with Gasteiger partial charge in [0.2, 0.25) is 0 Å². The summed E-state index contributed by atoms with van der Waals surface area (Å²) in [5.74, 6) is 0.421. The Morgan fingerprint density at radius 3 is 1.68 bits per heavy atom. The summed E-state index contributed by atoms with van der Waals surface area (Å²) < 4.78 is 0. The fourth-order valence-corrected chi connectivity index (χ4v) is 10.7. The summed E-state index contributed by atoms with van der Waals surface area (Å²) in [6.07, 6.45) is 16.6. The van der Waals surface area contributed by atoms with Crippen LogP contribution >= 0.6 is 0 Å². The van der Waals surface area contributed by atoms with Gasteiger partial charge in [0, 0.05) is 34.6 Å². The fraction of sp³-hybridized carbons (Fsp3) is 0.0820. The molecule has 2 heteroatoms. The zero-order valence-electron chi connectivity index (χ0n) is 35.2. The van der Waals surface area contributed by atoms with Gasteiger partial charge in [0.15, 0.2) is 0 Å². The molecule has 2 aliphatic carbocycles. The molecular weight excluding hydrogens is 761 g/mol. The van der Waals surface area contributed by atoms with Crippen molar-refractivity contribution in [3.63, 3.8) is 0 Å². The first-order valence-electron chi connectivity index (χ1n) is 22.2. The fourth-order valence-electron chi connectivity index (χ4n) is 10.7. The predicted octanol–water partition coefficient (Wildman–Crippen LogP) is 15.7. The van der Waals surface area contributed by atoms with Gasteiger partial charge in [-0.15, -0.1) is 0 Å². The van der Waals surface area contributed by atoms with Crippen molar-refractivity contribution in [2.24, 2.45) is 0 Å². The van der Waals surface area contributed by atoms with Gasteiger partial charge in [0.1, 0.15) is 0 Å². The number of allylic oxidation sites excluding steroid dienone is 4. The van der Waals surface area contributed by atoms with Gasteiger partial charge in [-0.2, -0.15) is 0 Å². The van der Waals surface area contributed by atoms with Crippen LogP contribution in [0.5, 0.6) is 0 Å². The molecule has 0 N–H and O–H groups in total. The molecule has 0 saturated heterocycles. The molecule has 0 bridgehead atoms. The standard InChI is InChI=1S/C61H46N2/c1-61-35-14-13-25-57(61)56-41-49(32-34-60(56)63(61)52-23-15-22-47(37-52)46-29-27-45(28-30-46)42-16-5-2-6-17-42)48-31-33-59-55(40-48)54-24-11-12-26-58(54)62(59)53-38-50(43-18-7-3-8-19-43)36-51(39-53)44-20-9-4-10-21-44/h2-41,55,57,59H,1H3. The third-order valence-electron chi connectivity index (χ3n) is 13.8. The van der Waals surface area contributed by atoms with Gasteiger partial charge in [-0.25, -0.2) is 0 Å². The van der Waals surface area contributed by atoms with Gasteiger partial charge in [0.05, 0.1) is 11.6 Å². The lowest BCUT2D eigenvalue weighted by Gasteiger charge is -2.39. The van der Waals surface area contributed by atoms with E-state index in [4.69, 9.17) is 0 Å². The maximum Gasteiger partial charge on any atom is 0.0712 e. The molecule has 300 valence electrons. The Balaban J connectivity index is 0.896. The minimum atomic E-state index is -0.245. The summed E-state index contributed by atoms with van der Waals surface area (Å²) in [6, 6.07) is 73.6. The molecule has 4 aliphatic rings. The van der Waals surface area contributed by atoms with Gasteiger partial charge in [-0.1, -0.05) is 194 Å². The Labute approximate surface area is 370 Å². The van der Waals surface area contributed by atoms with E-state index in [0.717, 1.165) is 0 Å². The van der Waals surface area contributed by atoms with Crippen LogP contribution in [-0.4, -0.2) is 11.6 Å². The smallest absolute Gasteiger partial charge is 0.0712 e. The van der Waals surface area contributed by atoms with Crippen molar-refractivity contribution in [1.82, 2.24) is 0 Å². The zero-order valence-corrected chi connectivity index (χ0v) is 35.2. The molecule has 2 nitrogen and oxygen atoms in total. The number of rotatable bonds is 7. The Hall–Kier alpha value is -7.68. The normalized spacial score (nSPS) is 20.2. The second-order valence-electron chi connectivity index (χ2n) is 17.5. The van der Waals surface area contributed by atoms with E-state index in [0.29, 0.717) is 0 Å². The molecule has 4 atom stereocenters. The molecule has 12 rings (SSSR count). The second kappa shape index (κ2) is 15.0. The van der Waals surface area contributed by atoms with E-state index in [-0.39, 0.29) is 23.4 Å². The van der Waals surface area contributed by atoms with E-state index >= 15 is 0 Å². The summed E-state index contributed by atoms with van der Waals surface area (Å²) in [5, 5.41) is 0. The number of hydrogen-bond donors (Lipinski definition) is 0. The van der Waals surface area contributed by atoms with E-state index in [1.54, 1.807) is 0 Å². The Bertz CT molecular complexity index is 3080. The number of hydrogen-bond acceptors (Lipinski definition) is 2. The average Bonchev–Trinajstić information content (AvgIpc) is 3.83. The summed E-state index contributed by atoms with van der Waals surface area (Å²) in [7, 11) is 0. The van der Waals surface area contributed by atoms with E-state index < -0.39 is 0 Å². The molecule has 8 aromatic rings. The molecule has 0 saturated carbocycles. The van der Waals surface area contributed by atoms with E-state index in [9.17, 15) is 0 Å². The second-order valence-corrected chi connectivity index (χ2v) is 17.5. The number of para-hydroxylation sites is 1. The first kappa shape index (κ1) is 37.1. The number of anilines is 4. The van der Waals surface area contributed by atoms with Crippen molar-refractivity contribution < 1.29 is 0 Å². The van der Waals surface area contributed by atoms with Gasteiger partial charge in [0.25, 0.3) is 0 Å². The first-order chi connectivity index (χ1) is 31.1. The molecule has 0 spiro atoms. The van der Waals surface area contributed by atoms with Crippen LogP contribution in [-0.2, 0) is 0 Å². The van der Waals surface area contributed by atoms with Crippen LogP contribution in [0.3, 0.4) is 0 Å². The van der Waals surface area contributed by atoms with E-state index in [1.807, 2.05) is 0 Å². The largest absolute Gasteiger partial charge is 0.333 e. The molecule has 0 amide bonds. The quantitative estimate of drug-likeness (QED) is 0.158. The van der Waals surface area contributed by atoms with Crippen molar-refractivity contribution in [3.8, 4) is 44.5 Å². The summed E-state index contributed by atoms with van der Waals surface area (Å²) >= 11 is 0. The van der Waals surface area contributed by atoms with Gasteiger partial charge in [-0.3, -0.25) is 0 Å². The third-order valence-corrected chi connectivity index (χ3v) is 13.8. The van der Waals surface area contributed by atoms with Crippen LogP contribution in [0.25, 0.3) is 50.1 Å². The van der Waals surface area contributed by atoms with Crippen molar-refractivity contribution in [2.45, 2.75) is 30.3 Å². The highest BCUT2D eigenvalue weighted by molar-refractivity contribution is 5.88. The van der Waals surface area contributed by atoms with Crippen LogP contribution in [0.1, 0.15) is 35.4 Å². The summed E-state index contributed by atoms with van der Waals surface area (Å²) in [4.78, 5) is 5.14. The topological polar surface area (TPSA) is 6.48 Å². The number of nitrogens with zero attached hydrogens (tertiary/aromatic N) is 2. The van der Waals surface area contributed by atoms with E-state index in [2.05, 4.69) is 259 Å². The van der Waals surface area contributed by atoms with Crippen molar-refractivity contribution in [2.75, 3.05) is 9.80 Å². The minimum absolute atomic E-state index is 0.155. The zero-order chi connectivity index (χ0) is 41.9. The highest BCUT2D eigenvalue weighted by atomic mass is 15.2. The van der Waals surface area contributed by atoms with Crippen molar-refractivity contribution >= 4 is 28.3 Å². The lowest BCUT2D eigenvalue weighted by atomic mass is 9.79. The highest BCUT2D eigenvalue weighted by Gasteiger charge is 2.47. The minimum Gasteiger partial charge on any atom is -0.333 e. The summed E-state index contributed by atoms with van der Waals surface area (Å²) in [6.45, 7) is 2.39. The van der Waals surface area contributed by atoms with Crippen LogP contribution in [0, 0.1) is 0 Å². The van der Waals surface area contributed by atoms with E-state index in [1.165, 1.54) is 89.5 Å². The SMILES string of the molecule is CC12C=CC=CC1c1cc(C3=CC4c5ccccc5N(c5cc(-c6ccccc6)cc(-c6ccccc6)c5)C4C=C3)ccc1N2c1cccc(-c2ccc(-c3ccccc3)cc2)c1. The monoisotopic (exact) mass is 806 g/mol. The summed E-state index contributed by atoms with van der Waals surface area (Å²) in [5.41, 5.74) is 19.7. The maximum absolute atomic E-state index is 2.57. The maximum atomic E-state index is 2.57. The van der Waals surface area contributed by atoms with Gasteiger partial charge >= 0.3 is 0 Å². The van der Waals surface area contributed by atoms with Gasteiger partial charge in [-0.05, 0) is 122 Å². The lowest BCUT2D eigenvalue weighted by Crippen LogP contribution is -2.41. The Kier molecular flexibility index (Phi) is 8.86. The van der Waals surface area contributed by atoms with Crippen molar-refractivity contribution in [3.05, 3.63) is 259 Å².